The lowest BCUT2D eigenvalue weighted by Gasteiger charge is -2.26. The predicted octanol–water partition coefficient (Wildman–Crippen LogP) is 4.65. The van der Waals surface area contributed by atoms with Gasteiger partial charge in [-0.05, 0) is 58.7 Å². The van der Waals surface area contributed by atoms with Crippen molar-refractivity contribution in [2.75, 3.05) is 11.9 Å². The summed E-state index contributed by atoms with van der Waals surface area (Å²) in [5, 5.41) is 3.46. The first-order valence-electron chi connectivity index (χ1n) is 8.08. The van der Waals surface area contributed by atoms with E-state index in [1.54, 1.807) is 4.90 Å². The number of benzene rings is 1. The normalized spacial score (nSPS) is 12.6. The predicted molar refractivity (Wildman–Crippen MR) is 92.1 cm³/mol. The van der Waals surface area contributed by atoms with Crippen LogP contribution in [0.1, 0.15) is 53.5 Å². The van der Waals surface area contributed by atoms with E-state index in [0.29, 0.717) is 19.1 Å². The summed E-state index contributed by atoms with van der Waals surface area (Å²) in [6.07, 6.45) is 0.804. The van der Waals surface area contributed by atoms with Crippen molar-refractivity contribution in [1.29, 1.82) is 0 Å². The number of nitrogens with zero attached hydrogens (tertiary/aromatic N) is 1. The molecular weight excluding hydrogens is 276 g/mol. The number of carbonyl (C=O) groups excluding carboxylic acids is 1. The SMILES string of the molecule is CCC(C)Nc1cccc(CN(CC)C(=O)OC(C)(C)C)c1. The van der Waals surface area contributed by atoms with Crippen molar-refractivity contribution in [2.45, 2.75) is 66.2 Å². The largest absolute Gasteiger partial charge is 0.444 e. The van der Waals surface area contributed by atoms with Gasteiger partial charge in [0.25, 0.3) is 0 Å². The zero-order chi connectivity index (χ0) is 16.8. The minimum absolute atomic E-state index is 0.268. The van der Waals surface area contributed by atoms with Crippen molar-refractivity contribution < 1.29 is 9.53 Å². The van der Waals surface area contributed by atoms with Crippen molar-refractivity contribution in [2.24, 2.45) is 0 Å². The van der Waals surface area contributed by atoms with Gasteiger partial charge in [0.05, 0.1) is 0 Å². The molecule has 22 heavy (non-hydrogen) atoms. The van der Waals surface area contributed by atoms with Gasteiger partial charge in [-0.15, -0.1) is 0 Å². The average Bonchev–Trinajstić information content (AvgIpc) is 2.43. The van der Waals surface area contributed by atoms with E-state index in [1.807, 2.05) is 39.8 Å². The molecule has 1 atom stereocenters. The summed E-state index contributed by atoms with van der Waals surface area (Å²) in [5.41, 5.74) is 1.72. The van der Waals surface area contributed by atoms with Gasteiger partial charge in [0.1, 0.15) is 5.60 Å². The molecule has 4 nitrogen and oxygen atoms in total. The molecule has 0 fully saturated rings. The molecule has 1 aromatic carbocycles. The Kier molecular flexibility index (Phi) is 6.72. The molecule has 0 aliphatic heterocycles. The minimum atomic E-state index is -0.468. The highest BCUT2D eigenvalue weighted by molar-refractivity contribution is 5.68. The van der Waals surface area contributed by atoms with E-state index in [4.69, 9.17) is 4.74 Å². The van der Waals surface area contributed by atoms with Crippen LogP contribution in [0.2, 0.25) is 0 Å². The number of hydrogen-bond donors (Lipinski definition) is 1. The van der Waals surface area contributed by atoms with Gasteiger partial charge in [0.15, 0.2) is 0 Å². The maximum atomic E-state index is 12.2. The van der Waals surface area contributed by atoms with E-state index in [9.17, 15) is 4.79 Å². The van der Waals surface area contributed by atoms with E-state index in [2.05, 4.69) is 31.3 Å². The van der Waals surface area contributed by atoms with Gasteiger partial charge in [-0.3, -0.25) is 0 Å². The second kappa shape index (κ2) is 8.06. The molecule has 0 heterocycles. The molecule has 1 N–H and O–H groups in total. The second-order valence-corrected chi connectivity index (χ2v) is 6.65. The Morgan fingerprint density at radius 2 is 2.00 bits per heavy atom. The lowest BCUT2D eigenvalue weighted by Crippen LogP contribution is -2.36. The summed E-state index contributed by atoms with van der Waals surface area (Å²) >= 11 is 0. The highest BCUT2D eigenvalue weighted by Crippen LogP contribution is 2.16. The lowest BCUT2D eigenvalue weighted by molar-refractivity contribution is 0.0244. The van der Waals surface area contributed by atoms with Crippen LogP contribution in [0.3, 0.4) is 0 Å². The maximum absolute atomic E-state index is 12.2. The molecule has 1 aromatic rings. The number of amides is 1. The Morgan fingerprint density at radius 1 is 1.32 bits per heavy atom. The molecule has 0 saturated heterocycles. The van der Waals surface area contributed by atoms with Crippen molar-refractivity contribution in [1.82, 2.24) is 4.90 Å². The molecule has 0 spiro atoms. The fourth-order valence-electron chi connectivity index (χ4n) is 2.00. The number of rotatable bonds is 6. The van der Waals surface area contributed by atoms with E-state index >= 15 is 0 Å². The van der Waals surface area contributed by atoms with Crippen LogP contribution in [0, 0.1) is 0 Å². The Hall–Kier alpha value is -1.71. The average molecular weight is 306 g/mol. The Balaban J connectivity index is 2.75. The quantitative estimate of drug-likeness (QED) is 0.831. The zero-order valence-electron chi connectivity index (χ0n) is 14.8. The van der Waals surface area contributed by atoms with E-state index in [0.717, 1.165) is 17.7 Å². The number of anilines is 1. The fraction of sp³-hybridized carbons (Fsp3) is 0.611. The highest BCUT2D eigenvalue weighted by Gasteiger charge is 2.21. The van der Waals surface area contributed by atoms with Gasteiger partial charge in [-0.2, -0.15) is 0 Å². The number of hydrogen-bond acceptors (Lipinski definition) is 3. The monoisotopic (exact) mass is 306 g/mol. The minimum Gasteiger partial charge on any atom is -0.444 e. The van der Waals surface area contributed by atoms with Crippen LogP contribution in [0.25, 0.3) is 0 Å². The van der Waals surface area contributed by atoms with Crippen LogP contribution in [0.5, 0.6) is 0 Å². The lowest BCUT2D eigenvalue weighted by atomic mass is 10.1. The van der Waals surface area contributed by atoms with E-state index in [-0.39, 0.29) is 6.09 Å². The Labute approximate surface area is 134 Å². The van der Waals surface area contributed by atoms with Crippen LogP contribution in [0.15, 0.2) is 24.3 Å². The van der Waals surface area contributed by atoms with Gasteiger partial charge in [0.2, 0.25) is 0 Å². The van der Waals surface area contributed by atoms with Gasteiger partial charge < -0.3 is 15.0 Å². The maximum Gasteiger partial charge on any atom is 0.410 e. The molecule has 1 unspecified atom stereocenters. The standard InChI is InChI=1S/C18H30N2O2/c1-7-14(3)19-16-11-9-10-15(12-16)13-20(8-2)17(21)22-18(4,5)6/h9-12,14,19H,7-8,13H2,1-6H3. The number of ether oxygens (including phenoxy) is 1. The smallest absolute Gasteiger partial charge is 0.410 e. The Morgan fingerprint density at radius 3 is 2.55 bits per heavy atom. The molecule has 1 amide bonds. The van der Waals surface area contributed by atoms with Gasteiger partial charge >= 0.3 is 6.09 Å². The first-order valence-corrected chi connectivity index (χ1v) is 8.08. The molecule has 4 heteroatoms. The van der Waals surface area contributed by atoms with Crippen molar-refractivity contribution in [3.05, 3.63) is 29.8 Å². The summed E-state index contributed by atoms with van der Waals surface area (Å²) in [6, 6.07) is 8.64. The molecule has 0 bridgehead atoms. The molecular formula is C18H30N2O2. The van der Waals surface area contributed by atoms with E-state index < -0.39 is 5.60 Å². The molecule has 0 aliphatic rings. The number of nitrogens with one attached hydrogen (secondary N) is 1. The summed E-state index contributed by atoms with van der Waals surface area (Å²) in [5.74, 6) is 0. The zero-order valence-corrected chi connectivity index (χ0v) is 14.8. The van der Waals surface area contributed by atoms with E-state index in [1.165, 1.54) is 0 Å². The third kappa shape index (κ3) is 6.37. The fourth-order valence-corrected chi connectivity index (χ4v) is 2.00. The van der Waals surface area contributed by atoms with Gasteiger partial charge in [-0.1, -0.05) is 19.1 Å². The Bertz CT molecular complexity index is 480. The molecule has 0 aromatic heterocycles. The summed E-state index contributed by atoms with van der Waals surface area (Å²) in [6.45, 7) is 13.1. The molecule has 0 radical (unpaired) electrons. The van der Waals surface area contributed by atoms with Crippen molar-refractivity contribution in [3.8, 4) is 0 Å². The number of carbonyl (C=O) groups is 1. The molecule has 124 valence electrons. The van der Waals surface area contributed by atoms with Crippen molar-refractivity contribution >= 4 is 11.8 Å². The highest BCUT2D eigenvalue weighted by atomic mass is 16.6. The first-order chi connectivity index (χ1) is 10.2. The summed E-state index contributed by atoms with van der Waals surface area (Å²) in [7, 11) is 0. The van der Waals surface area contributed by atoms with Crippen LogP contribution in [-0.4, -0.2) is 29.2 Å². The third-order valence-electron chi connectivity index (χ3n) is 3.36. The van der Waals surface area contributed by atoms with Crippen LogP contribution >= 0.6 is 0 Å². The summed E-state index contributed by atoms with van der Waals surface area (Å²) in [4.78, 5) is 13.9. The van der Waals surface area contributed by atoms with Crippen LogP contribution in [-0.2, 0) is 11.3 Å². The third-order valence-corrected chi connectivity index (χ3v) is 3.36. The van der Waals surface area contributed by atoms with Gasteiger partial charge in [-0.25, -0.2) is 4.79 Å². The van der Waals surface area contributed by atoms with Crippen molar-refractivity contribution in [3.63, 3.8) is 0 Å². The molecule has 0 saturated carbocycles. The van der Waals surface area contributed by atoms with Crippen LogP contribution < -0.4 is 5.32 Å². The molecule has 1 rings (SSSR count). The first kappa shape index (κ1) is 18.3. The molecule has 0 aliphatic carbocycles. The van der Waals surface area contributed by atoms with Gasteiger partial charge in [0, 0.05) is 24.8 Å². The second-order valence-electron chi connectivity index (χ2n) is 6.65. The topological polar surface area (TPSA) is 41.6 Å². The van der Waals surface area contributed by atoms with Crippen LogP contribution in [0.4, 0.5) is 10.5 Å². The summed E-state index contributed by atoms with van der Waals surface area (Å²) < 4.78 is 5.45.